The van der Waals surface area contributed by atoms with Gasteiger partial charge in [0.2, 0.25) is 5.75 Å². The van der Waals surface area contributed by atoms with Crippen LogP contribution in [-0.2, 0) is 4.74 Å². The number of rotatable bonds is 9. The fraction of sp³-hybridized carbons (Fsp3) is 0.409. The fourth-order valence-corrected chi connectivity index (χ4v) is 4.50. The van der Waals surface area contributed by atoms with E-state index in [2.05, 4.69) is 15.1 Å². The van der Waals surface area contributed by atoms with Gasteiger partial charge in [0, 0.05) is 5.75 Å². The zero-order valence-electron chi connectivity index (χ0n) is 18.9. The van der Waals surface area contributed by atoms with Crippen molar-refractivity contribution >= 4 is 28.9 Å². The summed E-state index contributed by atoms with van der Waals surface area (Å²) in [6.07, 6.45) is 2.61. The minimum absolute atomic E-state index is 0.414. The number of aliphatic hydroxyl groups is 3. The number of aliphatic hydroxyl groups excluding tert-OH is 3. The zero-order chi connectivity index (χ0) is 24.2. The molecule has 3 N–H and O–H groups in total. The van der Waals surface area contributed by atoms with Gasteiger partial charge in [0.15, 0.2) is 23.4 Å². The lowest BCUT2D eigenvalue weighted by atomic mass is 10.1. The maximum atomic E-state index is 10.3. The lowest BCUT2D eigenvalue weighted by Gasteiger charge is -2.15. The van der Waals surface area contributed by atoms with Crippen molar-refractivity contribution in [2.45, 2.75) is 29.6 Å². The van der Waals surface area contributed by atoms with Gasteiger partial charge in [-0.25, -0.2) is 14.6 Å². The van der Waals surface area contributed by atoms with Gasteiger partial charge in [-0.15, -0.1) is 11.8 Å². The molecular weight excluding hydrogens is 464 g/mol. The quantitative estimate of drug-likeness (QED) is 0.295. The lowest BCUT2D eigenvalue weighted by molar-refractivity contribution is -0.0566. The number of methoxy groups -OCH3 is 3. The second-order valence-electron chi connectivity index (χ2n) is 7.41. The third-order valence-electron chi connectivity index (χ3n) is 5.43. The molecule has 1 aliphatic heterocycles. The first kappa shape index (κ1) is 24.2. The van der Waals surface area contributed by atoms with Crippen molar-refractivity contribution < 1.29 is 34.3 Å². The van der Waals surface area contributed by atoms with Crippen LogP contribution in [-0.4, -0.2) is 87.1 Å². The summed E-state index contributed by atoms with van der Waals surface area (Å²) in [4.78, 5) is 8.62. The number of ether oxygens (including phenoxy) is 4. The Labute approximate surface area is 199 Å². The van der Waals surface area contributed by atoms with Gasteiger partial charge in [-0.1, -0.05) is 12.2 Å². The Bertz CT molecular complexity index is 1150. The van der Waals surface area contributed by atoms with E-state index in [4.69, 9.17) is 18.9 Å². The molecule has 2 aromatic heterocycles. The van der Waals surface area contributed by atoms with Gasteiger partial charge in [-0.05, 0) is 17.7 Å². The second kappa shape index (κ2) is 10.6. The Morgan fingerprint density at radius 3 is 2.44 bits per heavy atom. The van der Waals surface area contributed by atoms with Gasteiger partial charge in [0.05, 0.1) is 39.5 Å². The summed E-state index contributed by atoms with van der Waals surface area (Å²) in [6, 6.07) is 3.72. The Morgan fingerprint density at radius 1 is 1.09 bits per heavy atom. The largest absolute Gasteiger partial charge is 0.493 e. The number of hydrogen-bond donors (Lipinski definition) is 3. The van der Waals surface area contributed by atoms with E-state index in [1.165, 1.54) is 22.8 Å². The molecule has 12 heteroatoms. The van der Waals surface area contributed by atoms with E-state index in [-0.39, 0.29) is 0 Å². The molecule has 1 aliphatic rings. The molecule has 1 aromatic carbocycles. The molecule has 4 unspecified atom stereocenters. The summed E-state index contributed by atoms with van der Waals surface area (Å²) in [7, 11) is 4.70. The monoisotopic (exact) mass is 490 g/mol. The van der Waals surface area contributed by atoms with Crippen molar-refractivity contribution in [3.05, 3.63) is 36.3 Å². The molecular formula is C22H26N4O7S. The smallest absolute Gasteiger partial charge is 0.203 e. The van der Waals surface area contributed by atoms with Crippen LogP contribution < -0.4 is 14.2 Å². The van der Waals surface area contributed by atoms with E-state index in [9.17, 15) is 15.3 Å². The van der Waals surface area contributed by atoms with Crippen LogP contribution in [0.15, 0.2) is 35.8 Å². The predicted octanol–water partition coefficient (Wildman–Crippen LogP) is 1.27. The van der Waals surface area contributed by atoms with Crippen molar-refractivity contribution in [3.63, 3.8) is 0 Å². The van der Waals surface area contributed by atoms with Gasteiger partial charge >= 0.3 is 0 Å². The Morgan fingerprint density at radius 2 is 1.82 bits per heavy atom. The highest BCUT2D eigenvalue weighted by Crippen LogP contribution is 2.38. The second-order valence-corrected chi connectivity index (χ2v) is 8.41. The van der Waals surface area contributed by atoms with Crippen molar-refractivity contribution in [3.8, 4) is 17.2 Å². The minimum atomic E-state index is -1.24. The minimum Gasteiger partial charge on any atom is -0.493 e. The van der Waals surface area contributed by atoms with Crippen molar-refractivity contribution in [1.29, 1.82) is 0 Å². The van der Waals surface area contributed by atoms with E-state index in [1.807, 2.05) is 24.3 Å². The van der Waals surface area contributed by atoms with Crippen molar-refractivity contribution in [2.24, 2.45) is 0 Å². The number of nitrogens with zero attached hydrogens (tertiary/aromatic N) is 4. The summed E-state index contributed by atoms with van der Waals surface area (Å²) < 4.78 is 23.1. The van der Waals surface area contributed by atoms with Crippen molar-refractivity contribution in [2.75, 3.05) is 33.7 Å². The van der Waals surface area contributed by atoms with Crippen LogP contribution in [0, 0.1) is 0 Å². The zero-order valence-corrected chi connectivity index (χ0v) is 19.7. The van der Waals surface area contributed by atoms with Crippen LogP contribution in [0.3, 0.4) is 0 Å². The molecule has 1 fully saturated rings. The average Bonchev–Trinajstić information content (AvgIpc) is 3.42. The predicted molar refractivity (Wildman–Crippen MR) is 124 cm³/mol. The van der Waals surface area contributed by atoms with Gasteiger partial charge in [0.1, 0.15) is 29.7 Å². The van der Waals surface area contributed by atoms with Crippen LogP contribution in [0.2, 0.25) is 0 Å². The summed E-state index contributed by atoms with van der Waals surface area (Å²) in [5.41, 5.74) is 1.35. The molecule has 0 bridgehead atoms. The summed E-state index contributed by atoms with van der Waals surface area (Å²) in [5, 5.41) is 35.4. The molecule has 0 radical (unpaired) electrons. The standard InChI is InChI=1S/C22H26N4O7S/c1-30-14-7-12(8-15(31-2)19(14)32-3)5-4-6-34-21-13-9-25-26(20(13)23-11-24-21)22-18(29)17(28)16(10-27)33-22/h4-5,7-9,11,16-18,22,27-29H,6,10H2,1-3H3/b5-4+. The normalized spacial score (nSPS) is 22.5. The van der Waals surface area contributed by atoms with E-state index in [1.54, 1.807) is 27.5 Å². The molecule has 11 nitrogen and oxygen atoms in total. The summed E-state index contributed by atoms with van der Waals surface area (Å²) >= 11 is 1.49. The van der Waals surface area contributed by atoms with Crippen LogP contribution in [0.1, 0.15) is 11.8 Å². The SMILES string of the molecule is COc1cc(/C=C/CSc2ncnc3c2cnn3C2OC(CO)C(O)C2O)cc(OC)c1OC. The lowest BCUT2D eigenvalue weighted by Crippen LogP contribution is -2.33. The molecule has 0 saturated carbocycles. The molecule has 4 rings (SSSR count). The molecule has 182 valence electrons. The molecule has 3 heterocycles. The number of thioether (sulfide) groups is 1. The number of hydrogen-bond acceptors (Lipinski definition) is 11. The maximum absolute atomic E-state index is 10.3. The van der Waals surface area contributed by atoms with E-state index in [0.29, 0.717) is 39.1 Å². The first-order valence-corrected chi connectivity index (χ1v) is 11.4. The Hall–Kier alpha value is -2.90. The number of fused-ring (bicyclic) bond motifs is 1. The first-order valence-electron chi connectivity index (χ1n) is 10.4. The van der Waals surface area contributed by atoms with Gasteiger partial charge in [0.25, 0.3) is 0 Å². The van der Waals surface area contributed by atoms with Gasteiger partial charge in [-0.3, -0.25) is 0 Å². The van der Waals surface area contributed by atoms with Gasteiger partial charge in [-0.2, -0.15) is 5.10 Å². The van der Waals surface area contributed by atoms with Gasteiger partial charge < -0.3 is 34.3 Å². The van der Waals surface area contributed by atoms with E-state index in [0.717, 1.165) is 5.56 Å². The number of aromatic nitrogens is 4. The van der Waals surface area contributed by atoms with Crippen LogP contribution >= 0.6 is 11.8 Å². The molecule has 0 amide bonds. The molecule has 3 aromatic rings. The molecule has 1 saturated heterocycles. The Balaban J connectivity index is 1.50. The molecule has 0 spiro atoms. The van der Waals surface area contributed by atoms with E-state index < -0.39 is 31.1 Å². The third-order valence-corrected chi connectivity index (χ3v) is 6.38. The topological polar surface area (TPSA) is 141 Å². The third kappa shape index (κ3) is 4.55. The molecule has 34 heavy (non-hydrogen) atoms. The Kier molecular flexibility index (Phi) is 7.54. The highest BCUT2D eigenvalue weighted by molar-refractivity contribution is 7.99. The van der Waals surface area contributed by atoms with Crippen LogP contribution in [0.5, 0.6) is 17.2 Å². The van der Waals surface area contributed by atoms with Crippen LogP contribution in [0.4, 0.5) is 0 Å². The highest BCUT2D eigenvalue weighted by atomic mass is 32.2. The first-order chi connectivity index (χ1) is 16.5. The van der Waals surface area contributed by atoms with E-state index >= 15 is 0 Å². The average molecular weight is 491 g/mol. The highest BCUT2D eigenvalue weighted by Gasteiger charge is 2.44. The number of benzene rings is 1. The summed E-state index contributed by atoms with van der Waals surface area (Å²) in [6.45, 7) is -0.414. The van der Waals surface area contributed by atoms with Crippen molar-refractivity contribution in [1.82, 2.24) is 19.7 Å². The molecule has 0 aliphatic carbocycles. The molecule has 4 atom stereocenters. The fourth-order valence-electron chi connectivity index (χ4n) is 3.73. The maximum Gasteiger partial charge on any atom is 0.203 e. The van der Waals surface area contributed by atoms with Crippen LogP contribution in [0.25, 0.3) is 17.1 Å². The summed E-state index contributed by atoms with van der Waals surface area (Å²) in [5.74, 6) is 2.29.